The van der Waals surface area contributed by atoms with E-state index in [1.165, 1.54) is 23.1 Å². The Labute approximate surface area is 247 Å². The topological polar surface area (TPSA) is 102 Å². The molecule has 0 bridgehead atoms. The number of carbonyl (C=O) groups is 2. The van der Waals surface area contributed by atoms with Gasteiger partial charge in [0, 0.05) is 17.0 Å². The van der Waals surface area contributed by atoms with E-state index in [-0.39, 0.29) is 23.5 Å². The standard InChI is InChI=1S/C29H31ClN6O2S2/c1-5-15-36-26(23(16-18(2)3)31-27(38)21-13-9-10-14-22(21)30)34-35-29(36)39-17-24(37)32-28-33-25(19(4)40-28)20-11-7-6-8-12-20/h5-14,18,23H,1,15-17H2,2-4H3,(H,31,38)(H,32,33,37). The van der Waals surface area contributed by atoms with Crippen molar-refractivity contribution < 1.29 is 9.59 Å². The highest BCUT2D eigenvalue weighted by atomic mass is 35.5. The second-order valence-corrected chi connectivity index (χ2v) is 12.1. The smallest absolute Gasteiger partial charge is 0.253 e. The van der Waals surface area contributed by atoms with Crippen LogP contribution < -0.4 is 10.6 Å². The monoisotopic (exact) mass is 594 g/mol. The van der Waals surface area contributed by atoms with Gasteiger partial charge in [-0.25, -0.2) is 4.98 Å². The molecule has 40 heavy (non-hydrogen) atoms. The van der Waals surface area contributed by atoms with Gasteiger partial charge in [-0.05, 0) is 31.4 Å². The lowest BCUT2D eigenvalue weighted by atomic mass is 10.0. The molecule has 1 atom stereocenters. The number of benzene rings is 2. The summed E-state index contributed by atoms with van der Waals surface area (Å²) >= 11 is 8.97. The van der Waals surface area contributed by atoms with Gasteiger partial charge >= 0.3 is 0 Å². The molecule has 4 aromatic rings. The van der Waals surface area contributed by atoms with Gasteiger partial charge in [0.05, 0.1) is 28.1 Å². The Morgan fingerprint density at radius 2 is 1.85 bits per heavy atom. The summed E-state index contributed by atoms with van der Waals surface area (Å²) in [4.78, 5) is 31.5. The molecular weight excluding hydrogens is 564 g/mol. The number of nitrogens with one attached hydrogen (secondary N) is 2. The minimum atomic E-state index is -0.408. The van der Waals surface area contributed by atoms with E-state index in [1.807, 2.05) is 41.8 Å². The Kier molecular flexibility index (Phi) is 10.1. The number of aryl methyl sites for hydroxylation is 1. The van der Waals surface area contributed by atoms with E-state index in [0.717, 1.165) is 16.1 Å². The molecule has 208 valence electrons. The normalized spacial score (nSPS) is 11.8. The highest BCUT2D eigenvalue weighted by Gasteiger charge is 2.25. The van der Waals surface area contributed by atoms with E-state index in [1.54, 1.807) is 30.3 Å². The summed E-state index contributed by atoms with van der Waals surface area (Å²) in [6.45, 7) is 10.4. The maximum atomic E-state index is 13.1. The Balaban J connectivity index is 1.47. The number of aromatic nitrogens is 4. The molecule has 2 heterocycles. The predicted molar refractivity (Wildman–Crippen MR) is 163 cm³/mol. The van der Waals surface area contributed by atoms with Crippen LogP contribution >= 0.6 is 34.7 Å². The highest BCUT2D eigenvalue weighted by Crippen LogP contribution is 2.31. The molecule has 2 aromatic carbocycles. The average molecular weight is 595 g/mol. The van der Waals surface area contributed by atoms with Gasteiger partial charge in [-0.1, -0.05) is 85.8 Å². The van der Waals surface area contributed by atoms with Crippen molar-refractivity contribution in [2.45, 2.75) is 44.9 Å². The first-order chi connectivity index (χ1) is 19.3. The van der Waals surface area contributed by atoms with Gasteiger partial charge in [0.15, 0.2) is 16.1 Å². The van der Waals surface area contributed by atoms with E-state index < -0.39 is 6.04 Å². The first-order valence-corrected chi connectivity index (χ1v) is 15.0. The zero-order chi connectivity index (χ0) is 28.6. The van der Waals surface area contributed by atoms with Crippen molar-refractivity contribution in [1.29, 1.82) is 0 Å². The molecule has 0 saturated heterocycles. The van der Waals surface area contributed by atoms with Crippen molar-refractivity contribution in [3.05, 3.63) is 88.5 Å². The van der Waals surface area contributed by atoms with Crippen LogP contribution in [0.15, 0.2) is 72.4 Å². The van der Waals surface area contributed by atoms with E-state index in [2.05, 4.69) is 46.2 Å². The Morgan fingerprint density at radius 1 is 1.12 bits per heavy atom. The minimum Gasteiger partial charge on any atom is -0.342 e. The fourth-order valence-electron chi connectivity index (χ4n) is 4.15. The molecule has 4 rings (SSSR count). The summed E-state index contributed by atoms with van der Waals surface area (Å²) in [5.41, 5.74) is 2.26. The molecule has 11 heteroatoms. The SMILES string of the molecule is C=CCn1c(SCC(=O)Nc2nc(-c3ccccc3)c(C)s2)nnc1C(CC(C)C)NC(=O)c1ccccc1Cl. The number of anilines is 1. The summed E-state index contributed by atoms with van der Waals surface area (Å²) in [7, 11) is 0. The molecule has 0 saturated carbocycles. The fraction of sp³-hybridized carbons (Fsp3) is 0.276. The maximum absolute atomic E-state index is 13.1. The quantitative estimate of drug-likeness (QED) is 0.138. The molecule has 2 aromatic heterocycles. The third kappa shape index (κ3) is 7.38. The second kappa shape index (κ2) is 13.7. The van der Waals surface area contributed by atoms with Gasteiger partial charge in [0.2, 0.25) is 5.91 Å². The molecule has 0 spiro atoms. The largest absolute Gasteiger partial charge is 0.342 e. The number of halogens is 1. The summed E-state index contributed by atoms with van der Waals surface area (Å²) < 4.78 is 1.88. The van der Waals surface area contributed by atoms with Crippen LogP contribution in [0, 0.1) is 12.8 Å². The molecule has 0 fully saturated rings. The van der Waals surface area contributed by atoms with Crippen molar-refractivity contribution in [3.8, 4) is 11.3 Å². The van der Waals surface area contributed by atoms with E-state index in [0.29, 0.717) is 39.7 Å². The number of carbonyl (C=O) groups excluding carboxylic acids is 2. The van der Waals surface area contributed by atoms with Crippen LogP contribution in [0.2, 0.25) is 5.02 Å². The zero-order valence-corrected chi connectivity index (χ0v) is 24.9. The second-order valence-electron chi connectivity index (χ2n) is 9.50. The van der Waals surface area contributed by atoms with Crippen LogP contribution in [0.1, 0.15) is 47.4 Å². The number of amides is 2. The van der Waals surface area contributed by atoms with E-state index in [9.17, 15) is 9.59 Å². The number of thioether (sulfide) groups is 1. The van der Waals surface area contributed by atoms with Gasteiger partial charge < -0.3 is 15.2 Å². The number of allylic oxidation sites excluding steroid dienone is 1. The number of rotatable bonds is 12. The van der Waals surface area contributed by atoms with Gasteiger partial charge in [-0.15, -0.1) is 28.1 Å². The average Bonchev–Trinajstić information content (AvgIpc) is 3.50. The zero-order valence-electron chi connectivity index (χ0n) is 22.6. The Hall–Kier alpha value is -3.47. The van der Waals surface area contributed by atoms with Crippen molar-refractivity contribution in [3.63, 3.8) is 0 Å². The Bertz CT molecular complexity index is 1480. The first-order valence-electron chi connectivity index (χ1n) is 12.8. The molecule has 0 aliphatic carbocycles. The molecule has 0 radical (unpaired) electrons. The van der Waals surface area contributed by atoms with Gasteiger partial charge in [-0.3, -0.25) is 9.59 Å². The van der Waals surface area contributed by atoms with Gasteiger partial charge in [0.1, 0.15) is 0 Å². The van der Waals surface area contributed by atoms with Crippen LogP contribution in [0.5, 0.6) is 0 Å². The van der Waals surface area contributed by atoms with Crippen molar-refractivity contribution >= 4 is 51.6 Å². The van der Waals surface area contributed by atoms with E-state index >= 15 is 0 Å². The first kappa shape index (κ1) is 29.5. The summed E-state index contributed by atoms with van der Waals surface area (Å²) in [6.07, 6.45) is 2.38. The predicted octanol–water partition coefficient (Wildman–Crippen LogP) is 6.80. The fourth-order valence-corrected chi connectivity index (χ4v) is 5.97. The Morgan fingerprint density at radius 3 is 2.55 bits per heavy atom. The van der Waals surface area contributed by atoms with Crippen molar-refractivity contribution in [1.82, 2.24) is 25.1 Å². The van der Waals surface area contributed by atoms with Crippen LogP contribution in [-0.4, -0.2) is 37.3 Å². The van der Waals surface area contributed by atoms with Crippen LogP contribution in [-0.2, 0) is 11.3 Å². The molecule has 1 unspecified atom stereocenters. The van der Waals surface area contributed by atoms with Crippen LogP contribution in [0.25, 0.3) is 11.3 Å². The molecular formula is C29H31ClN6O2S2. The number of hydrogen-bond donors (Lipinski definition) is 2. The van der Waals surface area contributed by atoms with Crippen molar-refractivity contribution in [2.24, 2.45) is 5.92 Å². The molecule has 8 nitrogen and oxygen atoms in total. The minimum absolute atomic E-state index is 0.120. The summed E-state index contributed by atoms with van der Waals surface area (Å²) in [5.74, 6) is 0.510. The third-order valence-corrected chi connectivity index (χ3v) is 8.10. The third-order valence-electron chi connectivity index (χ3n) is 5.92. The van der Waals surface area contributed by atoms with Gasteiger partial charge in [-0.2, -0.15) is 0 Å². The van der Waals surface area contributed by atoms with Crippen molar-refractivity contribution in [2.75, 3.05) is 11.1 Å². The molecule has 2 N–H and O–H groups in total. The summed E-state index contributed by atoms with van der Waals surface area (Å²) in [5, 5.41) is 16.2. The van der Waals surface area contributed by atoms with Gasteiger partial charge in [0.25, 0.3) is 5.91 Å². The van der Waals surface area contributed by atoms with E-state index in [4.69, 9.17) is 11.6 Å². The summed E-state index contributed by atoms with van der Waals surface area (Å²) in [6, 6.07) is 16.4. The maximum Gasteiger partial charge on any atom is 0.253 e. The van der Waals surface area contributed by atoms with Crippen LogP contribution in [0.4, 0.5) is 5.13 Å². The number of thiazole rings is 1. The lowest BCUT2D eigenvalue weighted by Gasteiger charge is -2.21. The molecule has 0 aliphatic rings. The molecule has 2 amide bonds. The number of hydrogen-bond acceptors (Lipinski definition) is 7. The lowest BCUT2D eigenvalue weighted by molar-refractivity contribution is -0.113. The lowest BCUT2D eigenvalue weighted by Crippen LogP contribution is -2.32. The highest BCUT2D eigenvalue weighted by molar-refractivity contribution is 7.99. The van der Waals surface area contributed by atoms with Crippen LogP contribution in [0.3, 0.4) is 0 Å². The molecule has 0 aliphatic heterocycles. The number of nitrogens with zero attached hydrogens (tertiary/aromatic N) is 4.